The number of aliphatic hydroxyl groups excluding tert-OH is 1. The smallest absolute Gasteiger partial charge is 0.236 e. The Bertz CT molecular complexity index is 485. The zero-order valence-corrected chi connectivity index (χ0v) is 13.3. The molecule has 1 aromatic carbocycles. The number of hydrogen-bond donors (Lipinski definition) is 2. The van der Waals surface area contributed by atoms with Gasteiger partial charge in [0.2, 0.25) is 5.91 Å². The maximum absolute atomic E-state index is 11.4. The molecule has 0 heterocycles. The second-order valence-electron chi connectivity index (χ2n) is 5.41. The molecular formula is C15H21BrN2O2. The molecule has 3 N–H and O–H groups in total. The van der Waals surface area contributed by atoms with Crippen molar-refractivity contribution < 1.29 is 9.90 Å². The van der Waals surface area contributed by atoms with Gasteiger partial charge in [0.1, 0.15) is 0 Å². The zero-order chi connectivity index (χ0) is 14.7. The number of halogens is 1. The fraction of sp³-hybridized carbons (Fsp3) is 0.533. The van der Waals surface area contributed by atoms with Crippen molar-refractivity contribution in [1.82, 2.24) is 0 Å². The van der Waals surface area contributed by atoms with Crippen LogP contribution in [0.25, 0.3) is 0 Å². The van der Waals surface area contributed by atoms with Gasteiger partial charge in [0, 0.05) is 21.8 Å². The van der Waals surface area contributed by atoms with Crippen LogP contribution >= 0.6 is 15.9 Å². The van der Waals surface area contributed by atoms with Crippen LogP contribution < -0.4 is 10.6 Å². The summed E-state index contributed by atoms with van der Waals surface area (Å²) in [6.45, 7) is 1.94. The summed E-state index contributed by atoms with van der Waals surface area (Å²) in [5.41, 5.74) is 7.15. The monoisotopic (exact) mass is 340 g/mol. The first kappa shape index (κ1) is 15.3. The lowest BCUT2D eigenvalue weighted by Gasteiger charge is -2.32. The summed E-state index contributed by atoms with van der Waals surface area (Å²) in [6.07, 6.45) is 3.92. The quantitative estimate of drug-likeness (QED) is 0.865. The summed E-state index contributed by atoms with van der Waals surface area (Å²) in [5.74, 6) is -0.339. The molecule has 4 nitrogen and oxygen atoms in total. The van der Waals surface area contributed by atoms with Crippen LogP contribution in [-0.2, 0) is 4.79 Å². The number of anilines is 1. The van der Waals surface area contributed by atoms with Gasteiger partial charge in [0.15, 0.2) is 0 Å². The summed E-state index contributed by atoms with van der Waals surface area (Å²) in [5, 5.41) is 9.96. The van der Waals surface area contributed by atoms with E-state index in [4.69, 9.17) is 5.73 Å². The van der Waals surface area contributed by atoms with E-state index in [1.807, 2.05) is 18.2 Å². The number of carbonyl (C=O) groups excluding carboxylic acids is 1. The lowest BCUT2D eigenvalue weighted by Crippen LogP contribution is -2.40. The van der Waals surface area contributed by atoms with E-state index in [9.17, 15) is 9.90 Å². The van der Waals surface area contributed by atoms with E-state index >= 15 is 0 Å². The number of hydrogen-bond acceptors (Lipinski definition) is 3. The lowest BCUT2D eigenvalue weighted by atomic mass is 10.0. The number of benzene rings is 1. The second kappa shape index (κ2) is 6.59. The van der Waals surface area contributed by atoms with Crippen molar-refractivity contribution in [1.29, 1.82) is 0 Å². The van der Waals surface area contributed by atoms with Gasteiger partial charge >= 0.3 is 0 Å². The highest BCUT2D eigenvalue weighted by Gasteiger charge is 2.26. The van der Waals surface area contributed by atoms with Gasteiger partial charge in [-0.1, -0.05) is 34.8 Å². The SMILES string of the molecule is CC(O)c1ccc(Br)cc1N(CC(N)=O)C1CCCC1. The minimum Gasteiger partial charge on any atom is -0.389 e. The minimum absolute atomic E-state index is 0.195. The van der Waals surface area contributed by atoms with Crippen LogP contribution in [0.4, 0.5) is 5.69 Å². The number of aliphatic hydroxyl groups is 1. The molecule has 110 valence electrons. The third-order valence-electron chi connectivity index (χ3n) is 3.84. The van der Waals surface area contributed by atoms with Crippen molar-refractivity contribution in [3.05, 3.63) is 28.2 Å². The first-order valence-corrected chi connectivity index (χ1v) is 7.81. The summed E-state index contributed by atoms with van der Waals surface area (Å²) < 4.78 is 0.935. The number of nitrogens with zero attached hydrogens (tertiary/aromatic N) is 1. The molecule has 1 fully saturated rings. The molecular weight excluding hydrogens is 320 g/mol. The molecule has 5 heteroatoms. The zero-order valence-electron chi connectivity index (χ0n) is 11.7. The maximum Gasteiger partial charge on any atom is 0.236 e. The van der Waals surface area contributed by atoms with Crippen LogP contribution in [0.1, 0.15) is 44.3 Å². The van der Waals surface area contributed by atoms with Gasteiger partial charge in [-0.15, -0.1) is 0 Å². The van der Waals surface area contributed by atoms with Gasteiger partial charge in [-0.25, -0.2) is 0 Å². The van der Waals surface area contributed by atoms with Crippen LogP contribution in [0, 0.1) is 0 Å². The normalized spacial score (nSPS) is 17.1. The molecule has 1 atom stereocenters. The number of rotatable bonds is 5. The highest BCUT2D eigenvalue weighted by Crippen LogP contribution is 2.34. The Morgan fingerprint density at radius 1 is 1.50 bits per heavy atom. The molecule has 0 aliphatic heterocycles. The van der Waals surface area contributed by atoms with E-state index in [-0.39, 0.29) is 12.5 Å². The fourth-order valence-electron chi connectivity index (χ4n) is 2.91. The predicted octanol–water partition coefficient (Wildman–Crippen LogP) is 2.74. The average Bonchev–Trinajstić information content (AvgIpc) is 2.88. The highest BCUT2D eigenvalue weighted by molar-refractivity contribution is 9.10. The maximum atomic E-state index is 11.4. The summed E-state index contributed by atoms with van der Waals surface area (Å²) in [6, 6.07) is 6.09. The molecule has 1 aliphatic carbocycles. The molecule has 0 saturated heterocycles. The van der Waals surface area contributed by atoms with Crippen molar-refractivity contribution in [3.8, 4) is 0 Å². The predicted molar refractivity (Wildman–Crippen MR) is 83.6 cm³/mol. The molecule has 20 heavy (non-hydrogen) atoms. The largest absolute Gasteiger partial charge is 0.389 e. The van der Waals surface area contributed by atoms with Crippen molar-refractivity contribution in [3.63, 3.8) is 0 Å². The van der Waals surface area contributed by atoms with E-state index in [2.05, 4.69) is 20.8 Å². The number of carbonyl (C=O) groups is 1. The molecule has 1 aliphatic rings. The standard InChI is InChI=1S/C15H21BrN2O2/c1-10(19)13-7-6-11(16)8-14(13)18(9-15(17)20)12-4-2-3-5-12/h6-8,10,12,19H,2-5,9H2,1H3,(H2,17,20). The van der Waals surface area contributed by atoms with E-state index in [0.29, 0.717) is 6.04 Å². The van der Waals surface area contributed by atoms with Gasteiger partial charge in [0.05, 0.1) is 12.6 Å². The molecule has 0 radical (unpaired) electrons. The van der Waals surface area contributed by atoms with Crippen molar-refractivity contribution in [2.24, 2.45) is 5.73 Å². The first-order valence-electron chi connectivity index (χ1n) is 7.01. The first-order chi connectivity index (χ1) is 9.49. The topological polar surface area (TPSA) is 66.6 Å². The highest BCUT2D eigenvalue weighted by atomic mass is 79.9. The molecule has 0 bridgehead atoms. The van der Waals surface area contributed by atoms with Crippen molar-refractivity contribution in [2.75, 3.05) is 11.4 Å². The van der Waals surface area contributed by atoms with Gasteiger partial charge < -0.3 is 15.7 Å². The van der Waals surface area contributed by atoms with Crippen molar-refractivity contribution >= 4 is 27.5 Å². The van der Waals surface area contributed by atoms with Gasteiger partial charge in [-0.05, 0) is 31.9 Å². The third kappa shape index (κ3) is 3.52. The molecule has 2 rings (SSSR count). The minimum atomic E-state index is -0.574. The van der Waals surface area contributed by atoms with Crippen LogP contribution in [-0.4, -0.2) is 23.6 Å². The molecule has 0 spiro atoms. The van der Waals surface area contributed by atoms with Gasteiger partial charge in [-0.2, -0.15) is 0 Å². The Morgan fingerprint density at radius 3 is 2.70 bits per heavy atom. The Hall–Kier alpha value is -1.07. The Morgan fingerprint density at radius 2 is 2.15 bits per heavy atom. The van der Waals surface area contributed by atoms with E-state index in [1.54, 1.807) is 6.92 Å². The van der Waals surface area contributed by atoms with Crippen molar-refractivity contribution in [2.45, 2.75) is 44.8 Å². The van der Waals surface area contributed by atoms with E-state index in [1.165, 1.54) is 12.8 Å². The van der Waals surface area contributed by atoms with Crippen LogP contribution in [0.5, 0.6) is 0 Å². The number of primary amides is 1. The van der Waals surface area contributed by atoms with Crippen LogP contribution in [0.3, 0.4) is 0 Å². The van der Waals surface area contributed by atoms with Gasteiger partial charge in [0.25, 0.3) is 0 Å². The summed E-state index contributed by atoms with van der Waals surface area (Å²) in [4.78, 5) is 13.5. The summed E-state index contributed by atoms with van der Waals surface area (Å²) in [7, 11) is 0. The molecule has 1 saturated carbocycles. The Balaban J connectivity index is 2.40. The lowest BCUT2D eigenvalue weighted by molar-refractivity contribution is -0.116. The van der Waals surface area contributed by atoms with Crippen LogP contribution in [0.15, 0.2) is 22.7 Å². The third-order valence-corrected chi connectivity index (χ3v) is 4.34. The van der Waals surface area contributed by atoms with E-state index < -0.39 is 6.10 Å². The van der Waals surface area contributed by atoms with Crippen LogP contribution in [0.2, 0.25) is 0 Å². The summed E-state index contributed by atoms with van der Waals surface area (Å²) >= 11 is 3.46. The average molecular weight is 341 g/mol. The fourth-order valence-corrected chi connectivity index (χ4v) is 3.26. The molecule has 0 aromatic heterocycles. The van der Waals surface area contributed by atoms with E-state index in [0.717, 1.165) is 28.6 Å². The second-order valence-corrected chi connectivity index (χ2v) is 6.33. The molecule has 1 amide bonds. The Labute approximate surface area is 128 Å². The van der Waals surface area contributed by atoms with Gasteiger partial charge in [-0.3, -0.25) is 4.79 Å². The number of nitrogens with two attached hydrogens (primary N) is 1. The Kier molecular flexibility index (Phi) is 5.05. The number of amides is 1. The molecule has 1 unspecified atom stereocenters. The molecule has 1 aromatic rings.